The average Bonchev–Trinajstić information content (AvgIpc) is 3.24. The Morgan fingerprint density at radius 3 is 1.92 bits per heavy atom. The van der Waals surface area contributed by atoms with Gasteiger partial charge in [0.2, 0.25) is 0 Å². The smallest absolute Gasteiger partial charge is 0.254 e. The molecule has 0 heterocycles. The lowest BCUT2D eigenvalue weighted by Crippen LogP contribution is -2.38. The largest absolute Gasteiger partial charge is 0.376 e. The van der Waals surface area contributed by atoms with E-state index in [0.717, 1.165) is 40.0 Å². The summed E-state index contributed by atoms with van der Waals surface area (Å²) in [4.78, 5) is 1.87. The second-order valence-electron chi connectivity index (χ2n) is 9.97. The first-order chi connectivity index (χ1) is 17.5. The predicted octanol–water partition coefficient (Wildman–Crippen LogP) is 4.76. The van der Waals surface area contributed by atoms with E-state index in [1.165, 1.54) is 11.1 Å². The maximum absolute atomic E-state index is 13.3. The number of hydrogen-bond donors (Lipinski definition) is 0. The van der Waals surface area contributed by atoms with Crippen LogP contribution in [-0.4, -0.2) is 31.2 Å². The molecule has 4 heteroatoms. The molecule has 3 aromatic rings. The minimum Gasteiger partial charge on any atom is -0.376 e. The summed E-state index contributed by atoms with van der Waals surface area (Å²) in [5, 5.41) is 14.9. The van der Waals surface area contributed by atoms with E-state index in [9.17, 15) is 5.11 Å². The normalized spacial score (nSPS) is 15.0. The van der Waals surface area contributed by atoms with Crippen LogP contribution in [0, 0.1) is 12.3 Å². The minimum absolute atomic E-state index is 0.0726. The molecule has 0 spiro atoms. The van der Waals surface area contributed by atoms with Crippen LogP contribution in [0.25, 0.3) is 12.5 Å². The molecule has 0 atom stereocenters. The molecule has 4 nitrogen and oxygen atoms in total. The Balaban J connectivity index is 1.60. The van der Waals surface area contributed by atoms with Crippen LogP contribution in [0.1, 0.15) is 41.7 Å². The van der Waals surface area contributed by atoms with Gasteiger partial charge in [-0.05, 0) is 66.6 Å². The molecule has 4 rings (SSSR count). The lowest BCUT2D eigenvalue weighted by Gasteiger charge is -2.29. The molecular weight excluding hydrogens is 446 g/mol. The SMILES string of the molecule is C=c1c2c(cc(C)c1=C([O])N(CC)CC)CC(COCc1ccccc1)(COCc1ccccc1)C2. The highest BCUT2D eigenvalue weighted by Crippen LogP contribution is 2.37. The Hall–Kier alpha value is -3.08. The fraction of sp³-hybridized carbons (Fsp3) is 0.375. The maximum Gasteiger partial charge on any atom is 0.254 e. The Morgan fingerprint density at radius 1 is 0.889 bits per heavy atom. The highest BCUT2D eigenvalue weighted by Gasteiger charge is 2.39. The monoisotopic (exact) mass is 484 g/mol. The van der Waals surface area contributed by atoms with Gasteiger partial charge in [-0.3, -0.25) is 5.11 Å². The van der Waals surface area contributed by atoms with Gasteiger partial charge in [-0.15, -0.1) is 0 Å². The van der Waals surface area contributed by atoms with Gasteiger partial charge >= 0.3 is 0 Å². The van der Waals surface area contributed by atoms with Crippen molar-refractivity contribution >= 4 is 12.5 Å². The summed E-state index contributed by atoms with van der Waals surface area (Å²) in [6.07, 6.45) is 1.65. The van der Waals surface area contributed by atoms with E-state index in [-0.39, 0.29) is 11.3 Å². The maximum atomic E-state index is 13.3. The molecule has 0 amide bonds. The van der Waals surface area contributed by atoms with Crippen LogP contribution in [0.4, 0.5) is 0 Å². The van der Waals surface area contributed by atoms with Crippen molar-refractivity contribution in [3.63, 3.8) is 0 Å². The highest BCUT2D eigenvalue weighted by molar-refractivity contribution is 5.46. The van der Waals surface area contributed by atoms with Crippen molar-refractivity contribution in [3.05, 3.63) is 105 Å². The predicted molar refractivity (Wildman–Crippen MR) is 145 cm³/mol. The summed E-state index contributed by atoms with van der Waals surface area (Å²) in [5.41, 5.74) is 5.58. The van der Waals surface area contributed by atoms with Crippen LogP contribution in [-0.2, 0) is 40.6 Å². The number of benzene rings is 3. The standard InChI is InChI=1S/C32H38NO3/c1-5-33(6-2)31(34)30-24(3)17-28-18-32(19-29(28)25(30)4,22-35-20-26-13-9-7-10-14-26)23-36-21-27-15-11-8-12-16-27/h7-17H,4-6,18-23H2,1-3H3. The second-order valence-corrected chi connectivity index (χ2v) is 9.97. The van der Waals surface area contributed by atoms with E-state index in [1.54, 1.807) is 0 Å². The van der Waals surface area contributed by atoms with Crippen molar-refractivity contribution in [3.8, 4) is 0 Å². The third-order valence-corrected chi connectivity index (χ3v) is 7.26. The molecule has 0 aliphatic heterocycles. The molecule has 1 radical (unpaired) electrons. The molecule has 3 aromatic carbocycles. The first-order valence-electron chi connectivity index (χ1n) is 13.0. The fourth-order valence-electron chi connectivity index (χ4n) is 5.35. The molecule has 0 unspecified atom stereocenters. The average molecular weight is 485 g/mol. The van der Waals surface area contributed by atoms with Gasteiger partial charge in [0.1, 0.15) is 0 Å². The molecule has 0 saturated carbocycles. The van der Waals surface area contributed by atoms with Crippen molar-refractivity contribution in [2.75, 3.05) is 26.3 Å². The van der Waals surface area contributed by atoms with Gasteiger partial charge in [0.25, 0.3) is 5.88 Å². The Bertz CT molecular complexity index is 1200. The van der Waals surface area contributed by atoms with E-state index in [1.807, 2.05) is 62.1 Å². The van der Waals surface area contributed by atoms with E-state index >= 15 is 0 Å². The van der Waals surface area contributed by atoms with Crippen molar-refractivity contribution in [2.45, 2.75) is 46.8 Å². The zero-order chi connectivity index (χ0) is 25.5. The molecule has 0 aromatic heterocycles. The lowest BCUT2D eigenvalue weighted by molar-refractivity contribution is -0.0280. The van der Waals surface area contributed by atoms with Gasteiger partial charge in [0.15, 0.2) is 0 Å². The first kappa shape index (κ1) is 26.0. The molecular formula is C32H38NO3. The van der Waals surface area contributed by atoms with E-state index in [4.69, 9.17) is 9.47 Å². The van der Waals surface area contributed by atoms with Crippen LogP contribution in [0.5, 0.6) is 0 Å². The lowest BCUT2D eigenvalue weighted by atomic mass is 9.86. The van der Waals surface area contributed by atoms with E-state index in [0.29, 0.717) is 39.5 Å². The van der Waals surface area contributed by atoms with Gasteiger partial charge in [-0.2, -0.15) is 0 Å². The van der Waals surface area contributed by atoms with Crippen molar-refractivity contribution in [2.24, 2.45) is 5.41 Å². The van der Waals surface area contributed by atoms with Crippen LogP contribution in [0.3, 0.4) is 0 Å². The first-order valence-corrected chi connectivity index (χ1v) is 13.0. The molecule has 0 N–H and O–H groups in total. The molecule has 1 aliphatic carbocycles. The Kier molecular flexibility index (Phi) is 8.50. The zero-order valence-electron chi connectivity index (χ0n) is 21.9. The van der Waals surface area contributed by atoms with Crippen molar-refractivity contribution in [1.82, 2.24) is 4.90 Å². The number of aryl methyl sites for hydroxylation is 1. The molecule has 0 fully saturated rings. The third kappa shape index (κ3) is 5.83. The van der Waals surface area contributed by atoms with Crippen LogP contribution in [0.2, 0.25) is 0 Å². The Labute approximate surface area is 215 Å². The van der Waals surface area contributed by atoms with Crippen LogP contribution in [0.15, 0.2) is 66.7 Å². The highest BCUT2D eigenvalue weighted by atomic mass is 16.5. The van der Waals surface area contributed by atoms with E-state index < -0.39 is 0 Å². The summed E-state index contributed by atoms with van der Waals surface area (Å²) in [5.74, 6) is 0.0726. The van der Waals surface area contributed by atoms with E-state index in [2.05, 4.69) is 36.9 Å². The number of nitrogens with zero attached hydrogens (tertiary/aromatic N) is 1. The van der Waals surface area contributed by atoms with Gasteiger partial charge in [0, 0.05) is 23.7 Å². The van der Waals surface area contributed by atoms with Crippen LogP contribution < -0.4 is 10.4 Å². The summed E-state index contributed by atoms with van der Waals surface area (Å²) in [7, 11) is 0. The topological polar surface area (TPSA) is 41.6 Å². The fourth-order valence-corrected chi connectivity index (χ4v) is 5.35. The minimum atomic E-state index is -0.193. The summed E-state index contributed by atoms with van der Waals surface area (Å²) < 4.78 is 12.6. The number of hydrogen-bond acceptors (Lipinski definition) is 3. The van der Waals surface area contributed by atoms with Gasteiger partial charge in [-0.1, -0.05) is 73.3 Å². The summed E-state index contributed by atoms with van der Waals surface area (Å²) in [6, 6.07) is 22.7. The molecule has 0 bridgehead atoms. The van der Waals surface area contributed by atoms with Crippen molar-refractivity contribution in [1.29, 1.82) is 0 Å². The van der Waals surface area contributed by atoms with Gasteiger partial charge < -0.3 is 14.4 Å². The van der Waals surface area contributed by atoms with Crippen molar-refractivity contribution < 1.29 is 14.6 Å². The molecule has 1 aliphatic rings. The van der Waals surface area contributed by atoms with Gasteiger partial charge in [0.05, 0.1) is 26.4 Å². The number of rotatable bonds is 11. The number of fused-ring (bicyclic) bond motifs is 1. The molecule has 189 valence electrons. The summed E-state index contributed by atoms with van der Waals surface area (Å²) in [6.45, 7) is 14.2. The van der Waals surface area contributed by atoms with Gasteiger partial charge in [-0.25, -0.2) is 0 Å². The third-order valence-electron chi connectivity index (χ3n) is 7.26. The Morgan fingerprint density at radius 2 is 1.42 bits per heavy atom. The molecule has 0 saturated heterocycles. The summed E-state index contributed by atoms with van der Waals surface area (Å²) >= 11 is 0. The second kappa shape index (κ2) is 11.8. The van der Waals surface area contributed by atoms with Crippen LogP contribution >= 0.6 is 0 Å². The number of ether oxygens (including phenoxy) is 2. The molecule has 36 heavy (non-hydrogen) atoms. The quantitative estimate of drug-likeness (QED) is 0.394. The zero-order valence-corrected chi connectivity index (χ0v) is 21.9.